The van der Waals surface area contributed by atoms with Gasteiger partial charge in [-0.15, -0.1) is 11.6 Å². The number of nitrogens with zero attached hydrogens (tertiary/aromatic N) is 1. The standard InChI is InChI=1S/C15H23BrClN/c1-4-5-6-9-18(12(2)3)15-8-7-14(16)10-13(15)11-17/h7-8,10,12H,4-6,9,11H2,1-3H3. The number of alkyl halides is 1. The number of benzene rings is 1. The van der Waals surface area contributed by atoms with Crippen molar-refractivity contribution in [3.63, 3.8) is 0 Å². The van der Waals surface area contributed by atoms with E-state index in [1.165, 1.54) is 30.5 Å². The van der Waals surface area contributed by atoms with E-state index in [1.807, 2.05) is 0 Å². The maximum Gasteiger partial charge on any atom is 0.0494 e. The fraction of sp³-hybridized carbons (Fsp3) is 0.600. The third-order valence-corrected chi connectivity index (χ3v) is 3.90. The molecule has 0 unspecified atom stereocenters. The summed E-state index contributed by atoms with van der Waals surface area (Å²) in [5, 5.41) is 0. The largest absolute Gasteiger partial charge is 0.369 e. The molecule has 3 heteroatoms. The van der Waals surface area contributed by atoms with E-state index in [0.717, 1.165) is 11.0 Å². The van der Waals surface area contributed by atoms with E-state index in [2.05, 4.69) is 59.8 Å². The second kappa shape index (κ2) is 8.06. The average molecular weight is 333 g/mol. The minimum Gasteiger partial charge on any atom is -0.369 e. The molecule has 1 aromatic rings. The van der Waals surface area contributed by atoms with Crippen molar-refractivity contribution in [1.29, 1.82) is 0 Å². The molecule has 0 fully saturated rings. The van der Waals surface area contributed by atoms with Crippen molar-refractivity contribution in [3.8, 4) is 0 Å². The Morgan fingerprint density at radius 1 is 1.28 bits per heavy atom. The second-order valence-corrected chi connectivity index (χ2v) is 6.08. The first-order valence-corrected chi connectivity index (χ1v) is 8.04. The van der Waals surface area contributed by atoms with E-state index in [0.29, 0.717) is 11.9 Å². The molecule has 0 bridgehead atoms. The van der Waals surface area contributed by atoms with Crippen LogP contribution in [0.5, 0.6) is 0 Å². The van der Waals surface area contributed by atoms with Crippen LogP contribution in [0, 0.1) is 0 Å². The average Bonchev–Trinajstić information content (AvgIpc) is 2.35. The van der Waals surface area contributed by atoms with Crippen LogP contribution < -0.4 is 4.90 Å². The zero-order chi connectivity index (χ0) is 13.5. The Hall–Kier alpha value is -0.210. The number of anilines is 1. The fourth-order valence-electron chi connectivity index (χ4n) is 2.13. The lowest BCUT2D eigenvalue weighted by Gasteiger charge is -2.31. The fourth-order valence-corrected chi connectivity index (χ4v) is 2.75. The number of rotatable bonds is 7. The molecule has 1 nitrogen and oxygen atoms in total. The van der Waals surface area contributed by atoms with Crippen LogP contribution in [0.3, 0.4) is 0 Å². The molecule has 1 aromatic carbocycles. The van der Waals surface area contributed by atoms with Gasteiger partial charge in [-0.1, -0.05) is 35.7 Å². The smallest absolute Gasteiger partial charge is 0.0494 e. The van der Waals surface area contributed by atoms with Gasteiger partial charge in [-0.3, -0.25) is 0 Å². The summed E-state index contributed by atoms with van der Waals surface area (Å²) in [5.41, 5.74) is 2.48. The van der Waals surface area contributed by atoms with Gasteiger partial charge in [0.05, 0.1) is 0 Å². The predicted octanol–water partition coefficient (Wildman–Crippen LogP) is 5.59. The van der Waals surface area contributed by atoms with Gasteiger partial charge >= 0.3 is 0 Å². The lowest BCUT2D eigenvalue weighted by atomic mass is 10.1. The molecule has 0 N–H and O–H groups in total. The van der Waals surface area contributed by atoms with Gasteiger partial charge < -0.3 is 4.90 Å². The maximum atomic E-state index is 6.07. The van der Waals surface area contributed by atoms with Crippen LogP contribution in [0.2, 0.25) is 0 Å². The summed E-state index contributed by atoms with van der Waals surface area (Å²) in [6, 6.07) is 6.90. The van der Waals surface area contributed by atoms with E-state index in [1.54, 1.807) is 0 Å². The summed E-state index contributed by atoms with van der Waals surface area (Å²) in [5.74, 6) is 0.561. The molecular weight excluding hydrogens is 310 g/mol. The van der Waals surface area contributed by atoms with Gasteiger partial charge in [0.2, 0.25) is 0 Å². The summed E-state index contributed by atoms with van der Waals surface area (Å²) in [7, 11) is 0. The van der Waals surface area contributed by atoms with Crippen molar-refractivity contribution in [2.45, 2.75) is 52.0 Å². The molecule has 0 saturated carbocycles. The molecular formula is C15H23BrClN. The highest BCUT2D eigenvalue weighted by molar-refractivity contribution is 9.10. The third-order valence-electron chi connectivity index (χ3n) is 3.12. The van der Waals surface area contributed by atoms with E-state index < -0.39 is 0 Å². The van der Waals surface area contributed by atoms with Crippen molar-refractivity contribution in [3.05, 3.63) is 28.2 Å². The molecule has 0 radical (unpaired) electrons. The summed E-state index contributed by atoms with van der Waals surface area (Å²) >= 11 is 9.58. The molecule has 1 rings (SSSR count). The summed E-state index contributed by atoms with van der Waals surface area (Å²) in [6.07, 6.45) is 3.79. The van der Waals surface area contributed by atoms with Gasteiger partial charge in [-0.05, 0) is 44.0 Å². The van der Waals surface area contributed by atoms with Crippen LogP contribution in [0.25, 0.3) is 0 Å². The summed E-state index contributed by atoms with van der Waals surface area (Å²) < 4.78 is 1.10. The lowest BCUT2D eigenvalue weighted by molar-refractivity contribution is 0.624. The van der Waals surface area contributed by atoms with Crippen molar-refractivity contribution in [1.82, 2.24) is 0 Å². The van der Waals surface area contributed by atoms with Crippen LogP contribution in [-0.4, -0.2) is 12.6 Å². The molecule has 0 aromatic heterocycles. The van der Waals surface area contributed by atoms with Crippen molar-refractivity contribution >= 4 is 33.2 Å². The maximum absolute atomic E-state index is 6.07. The van der Waals surface area contributed by atoms with Gasteiger partial charge in [-0.2, -0.15) is 0 Å². The zero-order valence-electron chi connectivity index (χ0n) is 11.5. The highest BCUT2D eigenvalue weighted by Crippen LogP contribution is 2.28. The van der Waals surface area contributed by atoms with E-state index >= 15 is 0 Å². The van der Waals surface area contributed by atoms with Crippen LogP contribution >= 0.6 is 27.5 Å². The van der Waals surface area contributed by atoms with E-state index in [9.17, 15) is 0 Å². The van der Waals surface area contributed by atoms with Crippen molar-refractivity contribution in [2.75, 3.05) is 11.4 Å². The molecule has 0 heterocycles. The lowest BCUT2D eigenvalue weighted by Crippen LogP contribution is -2.32. The van der Waals surface area contributed by atoms with Crippen molar-refractivity contribution in [2.24, 2.45) is 0 Å². The molecule has 0 aliphatic heterocycles. The van der Waals surface area contributed by atoms with Gasteiger partial charge in [0.1, 0.15) is 0 Å². The first-order chi connectivity index (χ1) is 8.60. The molecule has 18 heavy (non-hydrogen) atoms. The molecule has 0 spiro atoms. The van der Waals surface area contributed by atoms with Crippen LogP contribution in [0.1, 0.15) is 45.6 Å². The highest BCUT2D eigenvalue weighted by Gasteiger charge is 2.13. The molecule has 0 saturated heterocycles. The predicted molar refractivity (Wildman–Crippen MR) is 85.7 cm³/mol. The quantitative estimate of drug-likeness (QED) is 0.464. The minimum absolute atomic E-state index is 0.505. The van der Waals surface area contributed by atoms with Crippen LogP contribution in [0.15, 0.2) is 22.7 Å². The Balaban J connectivity index is 2.90. The first-order valence-electron chi connectivity index (χ1n) is 6.71. The second-order valence-electron chi connectivity index (χ2n) is 4.90. The number of unbranched alkanes of at least 4 members (excludes halogenated alkanes) is 2. The van der Waals surface area contributed by atoms with E-state index in [4.69, 9.17) is 11.6 Å². The molecule has 0 atom stereocenters. The summed E-state index contributed by atoms with van der Waals surface area (Å²) in [6.45, 7) is 7.83. The monoisotopic (exact) mass is 331 g/mol. The van der Waals surface area contributed by atoms with Gasteiger partial charge in [-0.25, -0.2) is 0 Å². The zero-order valence-corrected chi connectivity index (χ0v) is 13.9. The topological polar surface area (TPSA) is 3.24 Å². The van der Waals surface area contributed by atoms with Gasteiger partial charge in [0, 0.05) is 28.6 Å². The van der Waals surface area contributed by atoms with E-state index in [-0.39, 0.29) is 0 Å². The molecule has 0 amide bonds. The Labute approximate surface area is 125 Å². The molecule has 102 valence electrons. The molecule has 0 aliphatic rings. The first kappa shape index (κ1) is 15.8. The Kier molecular flexibility index (Phi) is 7.10. The Bertz CT molecular complexity index is 366. The summed E-state index contributed by atoms with van der Waals surface area (Å²) in [4.78, 5) is 2.46. The SMILES string of the molecule is CCCCCN(c1ccc(Br)cc1CCl)C(C)C. The van der Waals surface area contributed by atoms with Crippen LogP contribution in [-0.2, 0) is 5.88 Å². The van der Waals surface area contributed by atoms with Crippen LogP contribution in [0.4, 0.5) is 5.69 Å². The van der Waals surface area contributed by atoms with Gasteiger partial charge in [0.25, 0.3) is 0 Å². The Morgan fingerprint density at radius 3 is 2.56 bits per heavy atom. The van der Waals surface area contributed by atoms with Gasteiger partial charge in [0.15, 0.2) is 0 Å². The molecule has 0 aliphatic carbocycles. The minimum atomic E-state index is 0.505. The third kappa shape index (κ3) is 4.47. The number of halogens is 2. The Morgan fingerprint density at radius 2 is 2.00 bits per heavy atom. The highest BCUT2D eigenvalue weighted by atomic mass is 79.9. The number of hydrogen-bond acceptors (Lipinski definition) is 1. The normalized spacial score (nSPS) is 11.0. The number of hydrogen-bond donors (Lipinski definition) is 0. The van der Waals surface area contributed by atoms with Crippen molar-refractivity contribution < 1.29 is 0 Å².